The molecular formula is C17H16F3N3O3S. The predicted molar refractivity (Wildman–Crippen MR) is 95.3 cm³/mol. The Balaban J connectivity index is 1.86. The van der Waals surface area contributed by atoms with Crippen LogP contribution in [0.4, 0.5) is 23.7 Å². The Bertz CT molecular complexity index is 803. The van der Waals surface area contributed by atoms with Crippen LogP contribution in [0.1, 0.15) is 18.0 Å². The molecule has 10 heteroatoms. The molecule has 0 aromatic heterocycles. The summed E-state index contributed by atoms with van der Waals surface area (Å²) in [6.45, 7) is 0.412. The molecule has 0 saturated carbocycles. The molecular weight excluding hydrogens is 383 g/mol. The zero-order valence-electron chi connectivity index (χ0n) is 14.0. The molecule has 2 atom stereocenters. The minimum atomic E-state index is -2.90. The summed E-state index contributed by atoms with van der Waals surface area (Å²) in [5, 5.41) is 4.88. The van der Waals surface area contributed by atoms with Crippen LogP contribution in [-0.4, -0.2) is 42.5 Å². The van der Waals surface area contributed by atoms with E-state index in [1.54, 1.807) is 11.0 Å². The van der Waals surface area contributed by atoms with Crippen LogP contribution in [0, 0.1) is 5.82 Å². The number of alkyl carbamates (subject to hydrolysis) is 1. The average Bonchev–Trinajstić information content (AvgIpc) is 3.06. The lowest BCUT2D eigenvalue weighted by atomic mass is 10.00. The summed E-state index contributed by atoms with van der Waals surface area (Å²) in [7, 11) is 0. The summed E-state index contributed by atoms with van der Waals surface area (Å²) in [4.78, 5) is 23.4. The predicted octanol–water partition coefficient (Wildman–Crippen LogP) is 2.45. The van der Waals surface area contributed by atoms with E-state index in [1.165, 1.54) is 24.4 Å². The molecule has 27 heavy (non-hydrogen) atoms. The molecule has 144 valence electrons. The number of ether oxygens (including phenoxy) is 1. The van der Waals surface area contributed by atoms with Crippen molar-refractivity contribution in [3.8, 4) is 0 Å². The summed E-state index contributed by atoms with van der Waals surface area (Å²) in [6.07, 6.45) is -1.27. The summed E-state index contributed by atoms with van der Waals surface area (Å²) < 4.78 is 45.4. The molecule has 3 rings (SSSR count). The zero-order valence-corrected chi connectivity index (χ0v) is 14.8. The van der Waals surface area contributed by atoms with Gasteiger partial charge < -0.3 is 20.3 Å². The Morgan fingerprint density at radius 1 is 1.37 bits per heavy atom. The van der Waals surface area contributed by atoms with Crippen molar-refractivity contribution in [3.05, 3.63) is 41.9 Å². The fourth-order valence-corrected chi connectivity index (χ4v) is 3.04. The van der Waals surface area contributed by atoms with Crippen molar-refractivity contribution in [2.45, 2.75) is 25.0 Å². The number of halogens is 3. The van der Waals surface area contributed by atoms with Crippen LogP contribution >= 0.6 is 12.2 Å². The number of allylic oxidation sites excluding steroid dienone is 1. The third-order valence-electron chi connectivity index (χ3n) is 4.25. The Morgan fingerprint density at radius 2 is 2.15 bits per heavy atom. The number of amides is 1. The molecule has 1 fully saturated rings. The highest BCUT2D eigenvalue weighted by Crippen LogP contribution is 2.28. The fourth-order valence-electron chi connectivity index (χ4n) is 2.91. The van der Waals surface area contributed by atoms with E-state index in [2.05, 4.69) is 22.9 Å². The molecule has 1 aromatic carbocycles. The first-order chi connectivity index (χ1) is 12.8. The second kappa shape index (κ2) is 7.95. The Morgan fingerprint density at radius 3 is 2.70 bits per heavy atom. The number of hydrogen-bond acceptors (Lipinski definition) is 5. The van der Waals surface area contributed by atoms with Gasteiger partial charge in [-0.3, -0.25) is 4.79 Å². The first-order valence-electron chi connectivity index (χ1n) is 8.15. The summed E-state index contributed by atoms with van der Waals surface area (Å²) in [5.74, 6) is -0.637. The SMILES string of the molecule is O=C1C=CN(c2ccc(C(NC(=S)C(F)F)C3CNC(=O)O3)cc2F)CC1. The van der Waals surface area contributed by atoms with Crippen LogP contribution < -0.4 is 15.5 Å². The Kier molecular flexibility index (Phi) is 5.64. The first kappa shape index (κ1) is 19.2. The van der Waals surface area contributed by atoms with Gasteiger partial charge in [0.05, 0.1) is 18.3 Å². The van der Waals surface area contributed by atoms with Gasteiger partial charge in [-0.05, 0) is 23.8 Å². The van der Waals surface area contributed by atoms with Gasteiger partial charge in [0, 0.05) is 19.2 Å². The second-order valence-corrected chi connectivity index (χ2v) is 6.49. The number of cyclic esters (lactones) is 1. The number of thiocarbonyl (C=S) groups is 1. The van der Waals surface area contributed by atoms with Gasteiger partial charge in [0.25, 0.3) is 6.43 Å². The van der Waals surface area contributed by atoms with E-state index in [-0.39, 0.29) is 24.4 Å². The van der Waals surface area contributed by atoms with Crippen molar-refractivity contribution in [3.63, 3.8) is 0 Å². The van der Waals surface area contributed by atoms with Crippen molar-refractivity contribution >= 4 is 34.8 Å². The van der Waals surface area contributed by atoms with Crippen molar-refractivity contribution in [1.29, 1.82) is 0 Å². The summed E-state index contributed by atoms with van der Waals surface area (Å²) >= 11 is 4.63. The standard InChI is InChI=1S/C17H16F3N3O3S/c18-11-7-9(1-2-12(11)23-5-3-10(24)4-6-23)14(22-16(27)15(19)20)13-8-21-17(25)26-13/h1-3,5,7,13-15H,4,6,8H2,(H,21,25)(H,22,27). The maximum atomic E-state index is 14.7. The van der Waals surface area contributed by atoms with Crippen LogP contribution in [-0.2, 0) is 9.53 Å². The number of nitrogens with one attached hydrogen (secondary N) is 2. The molecule has 1 amide bonds. The molecule has 6 nitrogen and oxygen atoms in total. The molecule has 2 heterocycles. The number of carbonyl (C=O) groups excluding carboxylic acids is 2. The van der Waals surface area contributed by atoms with Gasteiger partial charge in [-0.2, -0.15) is 0 Å². The van der Waals surface area contributed by atoms with Gasteiger partial charge in [-0.1, -0.05) is 18.3 Å². The molecule has 0 bridgehead atoms. The minimum absolute atomic E-state index is 0.0383. The fraction of sp³-hybridized carbons (Fsp3) is 0.353. The van der Waals surface area contributed by atoms with Crippen molar-refractivity contribution in [2.24, 2.45) is 0 Å². The number of hydrogen-bond donors (Lipinski definition) is 2. The van der Waals surface area contributed by atoms with E-state index in [1.807, 2.05) is 0 Å². The van der Waals surface area contributed by atoms with Crippen LogP contribution in [0.5, 0.6) is 0 Å². The van der Waals surface area contributed by atoms with E-state index < -0.39 is 35.5 Å². The zero-order chi connectivity index (χ0) is 19.6. The van der Waals surface area contributed by atoms with Gasteiger partial charge in [0.15, 0.2) is 5.78 Å². The van der Waals surface area contributed by atoms with Crippen LogP contribution in [0.2, 0.25) is 0 Å². The summed E-state index contributed by atoms with van der Waals surface area (Å²) in [6, 6.07) is 3.26. The van der Waals surface area contributed by atoms with E-state index >= 15 is 0 Å². The topological polar surface area (TPSA) is 70.7 Å². The van der Waals surface area contributed by atoms with Crippen molar-refractivity contribution in [1.82, 2.24) is 10.6 Å². The van der Waals surface area contributed by atoms with Gasteiger partial charge in [-0.15, -0.1) is 0 Å². The number of nitrogens with zero attached hydrogens (tertiary/aromatic N) is 1. The van der Waals surface area contributed by atoms with Gasteiger partial charge in [0.2, 0.25) is 0 Å². The number of rotatable bonds is 5. The molecule has 0 aliphatic carbocycles. The summed E-state index contributed by atoms with van der Waals surface area (Å²) in [5.41, 5.74) is 0.553. The van der Waals surface area contributed by atoms with Gasteiger partial charge in [0.1, 0.15) is 16.9 Å². The van der Waals surface area contributed by atoms with Crippen LogP contribution in [0.15, 0.2) is 30.5 Å². The maximum Gasteiger partial charge on any atom is 0.407 e. The Labute approximate surface area is 158 Å². The lowest BCUT2D eigenvalue weighted by molar-refractivity contribution is -0.114. The number of alkyl halides is 2. The molecule has 1 aromatic rings. The number of ketones is 1. The third kappa shape index (κ3) is 4.38. The third-order valence-corrected chi connectivity index (χ3v) is 4.55. The van der Waals surface area contributed by atoms with Crippen molar-refractivity contribution in [2.75, 3.05) is 18.0 Å². The highest BCUT2D eigenvalue weighted by atomic mass is 32.1. The highest BCUT2D eigenvalue weighted by Gasteiger charge is 2.34. The molecule has 2 unspecified atom stereocenters. The molecule has 0 spiro atoms. The van der Waals surface area contributed by atoms with Gasteiger partial charge in [-0.25, -0.2) is 18.0 Å². The average molecular weight is 399 g/mol. The molecule has 2 aliphatic heterocycles. The number of benzene rings is 1. The first-order valence-corrected chi connectivity index (χ1v) is 8.56. The molecule has 2 aliphatic rings. The quantitative estimate of drug-likeness (QED) is 0.742. The number of carbonyl (C=O) groups is 2. The van der Waals surface area contributed by atoms with E-state index in [0.717, 1.165) is 0 Å². The highest BCUT2D eigenvalue weighted by molar-refractivity contribution is 7.80. The maximum absolute atomic E-state index is 14.7. The molecule has 1 saturated heterocycles. The lowest BCUT2D eigenvalue weighted by Crippen LogP contribution is -2.40. The molecule has 0 radical (unpaired) electrons. The normalized spacial score (nSPS) is 20.4. The number of anilines is 1. The smallest absolute Gasteiger partial charge is 0.407 e. The van der Waals surface area contributed by atoms with Crippen LogP contribution in [0.25, 0.3) is 0 Å². The largest absolute Gasteiger partial charge is 0.442 e. The van der Waals surface area contributed by atoms with Gasteiger partial charge >= 0.3 is 6.09 Å². The van der Waals surface area contributed by atoms with E-state index in [0.29, 0.717) is 12.1 Å². The lowest BCUT2D eigenvalue weighted by Gasteiger charge is -2.27. The monoisotopic (exact) mass is 399 g/mol. The minimum Gasteiger partial charge on any atom is -0.442 e. The second-order valence-electron chi connectivity index (χ2n) is 6.05. The van der Waals surface area contributed by atoms with E-state index in [4.69, 9.17) is 4.74 Å². The van der Waals surface area contributed by atoms with Crippen LogP contribution in [0.3, 0.4) is 0 Å². The van der Waals surface area contributed by atoms with E-state index in [9.17, 15) is 22.8 Å². The Hall–Kier alpha value is -2.62. The van der Waals surface area contributed by atoms with Crippen molar-refractivity contribution < 1.29 is 27.5 Å². The molecule has 2 N–H and O–H groups in total.